The molecule has 3 aromatic rings. The minimum absolute atomic E-state index is 0. The van der Waals surface area contributed by atoms with Crippen molar-refractivity contribution in [3.63, 3.8) is 0 Å². The van der Waals surface area contributed by atoms with Crippen molar-refractivity contribution in [1.29, 1.82) is 0 Å². The molecule has 0 bridgehead atoms. The molecule has 1 heterocycles. The van der Waals surface area contributed by atoms with Crippen LogP contribution in [0.5, 0.6) is 0 Å². The topological polar surface area (TPSA) is 0 Å². The average molecular weight is 639 g/mol. The molecule has 1 aliphatic heterocycles. The van der Waals surface area contributed by atoms with E-state index in [1.807, 2.05) is 0 Å². The Kier molecular flexibility index (Phi) is 7.75. The minimum Gasteiger partial charge on any atom is -1.00 e. The van der Waals surface area contributed by atoms with Gasteiger partial charge in [0.2, 0.25) is 0 Å². The first-order valence-electron chi connectivity index (χ1n) is 10.1. The van der Waals surface area contributed by atoms with Crippen LogP contribution < -0.4 is 35.2 Å². The molecular formula is C25H26Cl3HfSi-3. The Morgan fingerprint density at radius 1 is 1.00 bits per heavy atom. The van der Waals surface area contributed by atoms with Crippen LogP contribution in [0, 0.1) is 5.92 Å². The van der Waals surface area contributed by atoms with Crippen LogP contribution in [0.4, 0.5) is 0 Å². The Labute approximate surface area is 216 Å². The van der Waals surface area contributed by atoms with Crippen molar-refractivity contribution in [3.05, 3.63) is 58.7 Å². The molecule has 5 heteroatoms. The van der Waals surface area contributed by atoms with E-state index in [1.165, 1.54) is 59.8 Å². The number of hydrogen-bond acceptors (Lipinski definition) is 0. The maximum Gasteiger partial charge on any atom is 0.174 e. The fourth-order valence-corrected chi connectivity index (χ4v) is 11.0. The van der Waals surface area contributed by atoms with Gasteiger partial charge < -0.3 is 24.8 Å². The Hall–Kier alpha value is -0.253. The summed E-state index contributed by atoms with van der Waals surface area (Å²) in [6, 6.07) is 14.8. The zero-order chi connectivity index (χ0) is 19.1. The number of hydrogen-bond donors (Lipinski definition) is 0. The molecule has 0 N–H and O–H groups in total. The summed E-state index contributed by atoms with van der Waals surface area (Å²) < 4.78 is 0. The molecule has 0 fully saturated rings. The van der Waals surface area contributed by atoms with Gasteiger partial charge in [-0.15, -0.1) is 33.7 Å². The molecule has 0 amide bonds. The third kappa shape index (κ3) is 3.37. The van der Waals surface area contributed by atoms with Crippen LogP contribution in [0.1, 0.15) is 46.6 Å². The van der Waals surface area contributed by atoms with Gasteiger partial charge in [-0.3, -0.25) is 0 Å². The Morgan fingerprint density at radius 2 is 1.67 bits per heavy atom. The van der Waals surface area contributed by atoms with E-state index in [0.717, 1.165) is 12.5 Å². The van der Waals surface area contributed by atoms with Crippen LogP contribution in [0.25, 0.3) is 27.1 Å². The first kappa shape index (κ1) is 26.0. The molecule has 0 nitrogen and oxygen atoms in total. The smallest absolute Gasteiger partial charge is 0.174 e. The molecule has 5 rings (SSSR count). The molecule has 2 atom stereocenters. The van der Waals surface area contributed by atoms with Gasteiger partial charge in [-0.25, -0.2) is 0 Å². The molecule has 0 saturated carbocycles. The van der Waals surface area contributed by atoms with Crippen molar-refractivity contribution >= 4 is 56.0 Å². The average Bonchev–Trinajstić information content (AvgIpc) is 3.01. The summed E-state index contributed by atoms with van der Waals surface area (Å²) in [6.45, 7) is 11.5. The molecule has 158 valence electrons. The molecule has 1 aliphatic carbocycles. The standard InChI is InChI=1S/C25H26ClSi.2ClH.Hf/c1-6-11-27(26)24-21-12-18-9-7-8-10-19(18)20(21)13-22(25(24)27)23-16(4)14(2)15(3)17(23)5;;;/h7-10,12-13,16H,6,11H2,1-5H3;2*1H;/q-1;;;/p-2. The van der Waals surface area contributed by atoms with E-state index in [1.54, 1.807) is 0 Å². The largest absolute Gasteiger partial charge is 1.00 e. The molecular weight excluding hydrogens is 613 g/mol. The zero-order valence-corrected chi connectivity index (χ0v) is 25.0. The van der Waals surface area contributed by atoms with Gasteiger partial charge in [0.25, 0.3) is 0 Å². The van der Waals surface area contributed by atoms with Gasteiger partial charge in [-0.05, 0) is 49.1 Å². The molecule has 0 saturated heterocycles. The van der Waals surface area contributed by atoms with Crippen LogP contribution in [-0.2, 0) is 25.8 Å². The van der Waals surface area contributed by atoms with E-state index in [2.05, 4.69) is 71.0 Å². The maximum absolute atomic E-state index is 7.40. The summed E-state index contributed by atoms with van der Waals surface area (Å²) in [5.74, 6) is 0.491. The Morgan fingerprint density at radius 3 is 2.27 bits per heavy atom. The van der Waals surface area contributed by atoms with Gasteiger partial charge in [0.15, 0.2) is 7.38 Å². The molecule has 3 aromatic carbocycles. The SMILES string of the molecule is CCC[Si]1(Cl)c2c(C3=C(C)C(C)=C(C)C3C)cc3c([cH-]c4ccccc43)c21.[Cl-].[Cl-].[Hf]. The van der Waals surface area contributed by atoms with E-state index in [9.17, 15) is 0 Å². The van der Waals surface area contributed by atoms with Crippen molar-refractivity contribution < 1.29 is 50.7 Å². The van der Waals surface area contributed by atoms with Crippen LogP contribution in [-0.4, -0.2) is 7.38 Å². The van der Waals surface area contributed by atoms with Crippen molar-refractivity contribution in [2.75, 3.05) is 0 Å². The quantitative estimate of drug-likeness (QED) is 0.223. The van der Waals surface area contributed by atoms with Gasteiger partial charge in [0.1, 0.15) is 0 Å². The molecule has 0 aromatic heterocycles. The van der Waals surface area contributed by atoms with E-state index in [4.69, 9.17) is 11.1 Å². The first-order valence-corrected chi connectivity index (χ1v) is 13.4. The molecule has 30 heavy (non-hydrogen) atoms. The fourth-order valence-electron chi connectivity index (χ4n) is 5.42. The number of allylic oxidation sites excluding steroid dienone is 4. The predicted octanol–water partition coefficient (Wildman–Crippen LogP) is 0.499. The molecule has 2 aliphatic rings. The second-order valence-electron chi connectivity index (χ2n) is 8.49. The summed E-state index contributed by atoms with van der Waals surface area (Å²) in [5.41, 5.74) is 7.44. The predicted molar refractivity (Wildman–Crippen MR) is 123 cm³/mol. The maximum atomic E-state index is 7.40. The van der Waals surface area contributed by atoms with Crippen LogP contribution in [0.2, 0.25) is 6.04 Å². The van der Waals surface area contributed by atoms with Crippen LogP contribution >= 0.6 is 11.1 Å². The normalized spacial score (nSPS) is 22.0. The Bertz CT molecular complexity index is 1200. The molecule has 2 unspecified atom stereocenters. The van der Waals surface area contributed by atoms with E-state index in [-0.39, 0.29) is 50.7 Å². The fraction of sp³-hybridized carbons (Fsp3) is 0.320. The van der Waals surface area contributed by atoms with Gasteiger partial charge >= 0.3 is 0 Å². The summed E-state index contributed by atoms with van der Waals surface area (Å²) in [6.07, 6.45) is 1.16. The van der Waals surface area contributed by atoms with Crippen molar-refractivity contribution in [1.82, 2.24) is 0 Å². The summed E-state index contributed by atoms with van der Waals surface area (Å²) in [4.78, 5) is 0. The van der Waals surface area contributed by atoms with Gasteiger partial charge in [-0.2, -0.15) is 11.1 Å². The van der Waals surface area contributed by atoms with E-state index < -0.39 is 7.38 Å². The number of rotatable bonds is 3. The van der Waals surface area contributed by atoms with Gasteiger partial charge in [0, 0.05) is 31.8 Å². The van der Waals surface area contributed by atoms with Crippen LogP contribution in [0.15, 0.2) is 53.1 Å². The van der Waals surface area contributed by atoms with Gasteiger partial charge in [0.05, 0.1) is 0 Å². The third-order valence-corrected chi connectivity index (χ3v) is 12.4. The van der Waals surface area contributed by atoms with Crippen molar-refractivity contribution in [3.8, 4) is 0 Å². The van der Waals surface area contributed by atoms with Crippen LogP contribution in [0.3, 0.4) is 0 Å². The van der Waals surface area contributed by atoms with E-state index in [0.29, 0.717) is 5.92 Å². The van der Waals surface area contributed by atoms with Gasteiger partial charge in [-0.1, -0.05) is 60.5 Å². The first-order chi connectivity index (χ1) is 12.9. The molecule has 0 radical (unpaired) electrons. The number of halogens is 3. The Balaban J connectivity index is 0.00000107. The summed E-state index contributed by atoms with van der Waals surface area (Å²) >= 11 is 7.40. The third-order valence-electron chi connectivity index (χ3n) is 7.17. The summed E-state index contributed by atoms with van der Waals surface area (Å²) in [5, 5.41) is 8.62. The number of benzene rings is 2. The van der Waals surface area contributed by atoms with Crippen molar-refractivity contribution in [2.24, 2.45) is 5.92 Å². The minimum atomic E-state index is -1.97. The van der Waals surface area contributed by atoms with E-state index >= 15 is 0 Å². The zero-order valence-electron chi connectivity index (χ0n) is 18.1. The second kappa shape index (κ2) is 8.94. The molecule has 0 spiro atoms. The summed E-state index contributed by atoms with van der Waals surface area (Å²) in [7, 11) is -1.97. The monoisotopic (exact) mass is 639 g/mol. The number of fused-ring (bicyclic) bond motifs is 5. The van der Waals surface area contributed by atoms with Crippen molar-refractivity contribution in [2.45, 2.75) is 47.1 Å². The second-order valence-corrected chi connectivity index (χ2v) is 13.5.